The minimum Gasteiger partial charge on any atom is -0.508 e. The second kappa shape index (κ2) is 7.32. The lowest BCUT2D eigenvalue weighted by Crippen LogP contribution is -2.38. The van der Waals surface area contributed by atoms with Crippen LogP contribution in [0.4, 0.5) is 5.69 Å². The van der Waals surface area contributed by atoms with Crippen LogP contribution in [0.1, 0.15) is 34.9 Å². The quantitative estimate of drug-likeness (QED) is 0.693. The summed E-state index contributed by atoms with van der Waals surface area (Å²) in [4.78, 5) is 22.8. The number of amides is 1. The van der Waals surface area contributed by atoms with Gasteiger partial charge in [0.15, 0.2) is 0 Å². The number of anilines is 1. The van der Waals surface area contributed by atoms with E-state index in [-0.39, 0.29) is 35.9 Å². The molecule has 2 aromatic carbocycles. The van der Waals surface area contributed by atoms with Gasteiger partial charge in [-0.25, -0.2) is 4.98 Å². The second-order valence-electron chi connectivity index (χ2n) is 7.39. The lowest BCUT2D eigenvalue weighted by atomic mass is 9.88. The fraction of sp³-hybridized carbons (Fsp3) is 0.273. The third-order valence-corrected chi connectivity index (χ3v) is 5.88. The predicted molar refractivity (Wildman–Crippen MR) is 110 cm³/mol. The van der Waals surface area contributed by atoms with E-state index in [1.165, 1.54) is 0 Å². The van der Waals surface area contributed by atoms with Crippen molar-refractivity contribution in [3.05, 3.63) is 77.4 Å². The molecule has 144 valence electrons. The molecule has 1 aliphatic carbocycles. The Bertz CT molecular complexity index is 1020. The van der Waals surface area contributed by atoms with Crippen molar-refractivity contribution in [2.75, 3.05) is 11.4 Å². The molecule has 2 heterocycles. The predicted octanol–water partition coefficient (Wildman–Crippen LogP) is 3.82. The Balaban J connectivity index is 0.00000192. The third kappa shape index (κ3) is 2.96. The molecule has 0 spiro atoms. The number of rotatable bonds is 2. The van der Waals surface area contributed by atoms with Crippen LogP contribution in [-0.4, -0.2) is 27.5 Å². The number of fused-ring (bicyclic) bond motifs is 2. The highest BCUT2D eigenvalue weighted by molar-refractivity contribution is 5.98. The smallest absolute Gasteiger partial charge is 0.230 e. The zero-order valence-corrected chi connectivity index (χ0v) is 16.2. The van der Waals surface area contributed by atoms with Gasteiger partial charge in [-0.3, -0.25) is 4.79 Å². The minimum atomic E-state index is -0.0332. The van der Waals surface area contributed by atoms with Gasteiger partial charge in [-0.2, -0.15) is 0 Å². The van der Waals surface area contributed by atoms with Crippen molar-refractivity contribution in [1.29, 1.82) is 0 Å². The van der Waals surface area contributed by atoms with Crippen molar-refractivity contribution in [1.82, 2.24) is 9.97 Å². The molecular formula is C22H22ClN3O2. The molecule has 0 bridgehead atoms. The van der Waals surface area contributed by atoms with E-state index in [0.29, 0.717) is 13.0 Å². The maximum Gasteiger partial charge on any atom is 0.230 e. The molecule has 0 radical (unpaired) electrons. The van der Waals surface area contributed by atoms with Crippen LogP contribution in [0.2, 0.25) is 0 Å². The van der Waals surface area contributed by atoms with Crippen LogP contribution in [-0.2, 0) is 17.6 Å². The van der Waals surface area contributed by atoms with Crippen molar-refractivity contribution in [3.8, 4) is 5.75 Å². The zero-order chi connectivity index (χ0) is 18.4. The number of phenolic OH excluding ortho intramolecular Hbond substituents is 1. The van der Waals surface area contributed by atoms with E-state index in [2.05, 4.69) is 16.0 Å². The Hall–Kier alpha value is -2.79. The van der Waals surface area contributed by atoms with Gasteiger partial charge in [0, 0.05) is 41.7 Å². The Morgan fingerprint density at radius 1 is 1.11 bits per heavy atom. The number of carbonyl (C=O) groups excluding carboxylic acids is 1. The maximum atomic E-state index is 13.4. The van der Waals surface area contributed by atoms with E-state index >= 15 is 0 Å². The monoisotopic (exact) mass is 395 g/mol. The molecule has 1 aromatic heterocycles. The summed E-state index contributed by atoms with van der Waals surface area (Å²) in [6.45, 7) is 0.572. The molecule has 2 aliphatic rings. The van der Waals surface area contributed by atoms with Gasteiger partial charge in [0.2, 0.25) is 5.91 Å². The summed E-state index contributed by atoms with van der Waals surface area (Å²) in [5, 5.41) is 10.3. The number of H-pyrrole nitrogens is 1. The number of carbonyl (C=O) groups is 1. The summed E-state index contributed by atoms with van der Waals surface area (Å²) in [6.07, 6.45) is 4.11. The largest absolute Gasteiger partial charge is 0.508 e. The normalized spacial score (nSPS) is 20.2. The number of nitrogens with zero attached hydrogens (tertiary/aromatic N) is 2. The molecule has 28 heavy (non-hydrogen) atoms. The average molecular weight is 396 g/mol. The van der Waals surface area contributed by atoms with Gasteiger partial charge in [-0.05, 0) is 30.5 Å². The van der Waals surface area contributed by atoms with Gasteiger partial charge < -0.3 is 15.0 Å². The first kappa shape index (κ1) is 18.6. The topological polar surface area (TPSA) is 69.2 Å². The molecule has 0 saturated heterocycles. The number of hydrogen-bond acceptors (Lipinski definition) is 3. The number of halogens is 1. The molecule has 3 aromatic rings. The number of nitrogens with one attached hydrogen (secondary N) is 1. The molecule has 6 heteroatoms. The summed E-state index contributed by atoms with van der Waals surface area (Å²) in [7, 11) is 0. The Labute approximate surface area is 169 Å². The van der Waals surface area contributed by atoms with E-state index in [1.807, 2.05) is 41.3 Å². The number of aromatic amines is 1. The van der Waals surface area contributed by atoms with E-state index in [0.717, 1.165) is 41.0 Å². The molecule has 2 N–H and O–H groups in total. The molecule has 0 fully saturated rings. The van der Waals surface area contributed by atoms with Crippen molar-refractivity contribution in [2.45, 2.75) is 25.2 Å². The lowest BCUT2D eigenvalue weighted by molar-refractivity contribution is -0.122. The van der Waals surface area contributed by atoms with Crippen molar-refractivity contribution in [2.24, 2.45) is 5.92 Å². The summed E-state index contributed by atoms with van der Waals surface area (Å²) >= 11 is 0. The number of phenols is 1. The number of para-hydroxylation sites is 2. The van der Waals surface area contributed by atoms with E-state index < -0.39 is 0 Å². The first-order valence-corrected chi connectivity index (χ1v) is 9.41. The van der Waals surface area contributed by atoms with Gasteiger partial charge in [-0.1, -0.05) is 36.4 Å². The Kier molecular flexibility index (Phi) is 4.85. The van der Waals surface area contributed by atoms with Crippen LogP contribution < -0.4 is 4.90 Å². The highest BCUT2D eigenvalue weighted by atomic mass is 35.5. The summed E-state index contributed by atoms with van der Waals surface area (Å²) in [5.41, 5.74) is 5.12. The van der Waals surface area contributed by atoms with Gasteiger partial charge in [-0.15, -0.1) is 12.4 Å². The highest BCUT2D eigenvalue weighted by Crippen LogP contribution is 2.43. The Morgan fingerprint density at radius 2 is 1.86 bits per heavy atom. The molecule has 0 saturated carbocycles. The van der Waals surface area contributed by atoms with Crippen LogP contribution in [0.25, 0.3) is 0 Å². The number of aromatic hydroxyl groups is 1. The van der Waals surface area contributed by atoms with Crippen LogP contribution in [0, 0.1) is 5.92 Å². The Morgan fingerprint density at radius 3 is 2.68 bits per heavy atom. The van der Waals surface area contributed by atoms with E-state index in [1.54, 1.807) is 12.4 Å². The van der Waals surface area contributed by atoms with Crippen LogP contribution in [0.15, 0.2) is 54.9 Å². The van der Waals surface area contributed by atoms with Crippen molar-refractivity contribution in [3.63, 3.8) is 0 Å². The molecular weight excluding hydrogens is 374 g/mol. The van der Waals surface area contributed by atoms with Gasteiger partial charge in [0.1, 0.15) is 5.75 Å². The molecule has 2 unspecified atom stereocenters. The SMILES string of the molecule is Cl.O=C(C1CCc2nc[nH]c2C1)N1CC(c2ccccc2O)c2ccccc21. The number of imidazole rings is 1. The van der Waals surface area contributed by atoms with Crippen LogP contribution in [0.3, 0.4) is 0 Å². The number of aryl methyl sites for hydroxylation is 1. The first-order valence-electron chi connectivity index (χ1n) is 9.41. The molecule has 1 aliphatic heterocycles. The van der Waals surface area contributed by atoms with Gasteiger partial charge >= 0.3 is 0 Å². The summed E-state index contributed by atoms with van der Waals surface area (Å²) < 4.78 is 0. The van der Waals surface area contributed by atoms with E-state index in [9.17, 15) is 9.90 Å². The standard InChI is InChI=1S/C22H21N3O2.ClH/c26-21-8-4-2-6-16(21)17-12-25(20-7-3-1-5-15(17)20)22(27)14-9-10-18-19(11-14)24-13-23-18;/h1-8,13-14,17,26H,9-12H2,(H,23,24);1H. The van der Waals surface area contributed by atoms with E-state index in [4.69, 9.17) is 0 Å². The van der Waals surface area contributed by atoms with Crippen molar-refractivity contribution >= 4 is 24.0 Å². The first-order chi connectivity index (χ1) is 13.2. The molecule has 1 amide bonds. The maximum absolute atomic E-state index is 13.4. The van der Waals surface area contributed by atoms with Crippen LogP contribution in [0.5, 0.6) is 5.75 Å². The van der Waals surface area contributed by atoms with Crippen LogP contribution >= 0.6 is 12.4 Å². The third-order valence-electron chi connectivity index (χ3n) is 5.88. The number of aromatic nitrogens is 2. The molecule has 2 atom stereocenters. The van der Waals surface area contributed by atoms with Crippen molar-refractivity contribution < 1.29 is 9.90 Å². The number of benzene rings is 2. The van der Waals surface area contributed by atoms with Gasteiger partial charge in [0.05, 0.1) is 12.0 Å². The molecule has 5 nitrogen and oxygen atoms in total. The zero-order valence-electron chi connectivity index (χ0n) is 15.3. The van der Waals surface area contributed by atoms with Gasteiger partial charge in [0.25, 0.3) is 0 Å². The minimum absolute atomic E-state index is 0. The summed E-state index contributed by atoms with van der Waals surface area (Å²) in [5.74, 6) is 0.416. The highest BCUT2D eigenvalue weighted by Gasteiger charge is 2.38. The number of hydrogen-bond donors (Lipinski definition) is 2. The summed E-state index contributed by atoms with van der Waals surface area (Å²) in [6, 6.07) is 15.5. The fourth-order valence-corrected chi connectivity index (χ4v) is 4.50. The second-order valence-corrected chi connectivity index (χ2v) is 7.39. The lowest BCUT2D eigenvalue weighted by Gasteiger charge is -2.26. The molecule has 5 rings (SSSR count). The fourth-order valence-electron chi connectivity index (χ4n) is 4.50. The average Bonchev–Trinajstić information content (AvgIpc) is 3.32.